The monoisotopic (exact) mass is 222 g/mol. The largest absolute Gasteiger partial charge is 0.154 e. The summed E-state index contributed by atoms with van der Waals surface area (Å²) in [6.45, 7) is 9.03. The lowest BCUT2D eigenvalue weighted by Crippen LogP contribution is -1.94. The Morgan fingerprint density at radius 2 is 1.47 bits per heavy atom. The summed E-state index contributed by atoms with van der Waals surface area (Å²) in [6.07, 6.45) is 1.19. The van der Waals surface area contributed by atoms with E-state index in [1.165, 1.54) is 17.5 Å². The third-order valence-corrected chi connectivity index (χ3v) is 3.42. The van der Waals surface area contributed by atoms with E-state index in [0.29, 0.717) is 0 Å². The number of hydrogen-bond acceptors (Lipinski definition) is 1. The minimum atomic E-state index is 0.723. The molecular weight excluding hydrogens is 200 g/mol. The summed E-state index contributed by atoms with van der Waals surface area (Å²) in [5.74, 6) is 1.89. The van der Waals surface area contributed by atoms with Crippen molar-refractivity contribution in [1.29, 1.82) is 0 Å². The number of rotatable bonds is 5. The highest BCUT2D eigenvalue weighted by Crippen LogP contribution is 2.18. The minimum Gasteiger partial charge on any atom is -0.154 e. The van der Waals surface area contributed by atoms with Crippen molar-refractivity contribution < 1.29 is 0 Å². The van der Waals surface area contributed by atoms with E-state index in [4.69, 9.17) is 0 Å². The van der Waals surface area contributed by atoms with E-state index in [9.17, 15) is 0 Å². The third-order valence-electron chi connectivity index (χ3n) is 2.25. The van der Waals surface area contributed by atoms with Crippen LogP contribution in [-0.2, 0) is 12.2 Å². The average molecular weight is 222 g/mol. The van der Waals surface area contributed by atoms with Gasteiger partial charge < -0.3 is 0 Å². The molecule has 0 radical (unpaired) electrons. The molecule has 0 atom stereocenters. The van der Waals surface area contributed by atoms with Crippen LogP contribution in [0.2, 0.25) is 0 Å². The first-order chi connectivity index (χ1) is 7.08. The summed E-state index contributed by atoms with van der Waals surface area (Å²) in [7, 11) is 0. The van der Waals surface area contributed by atoms with Crippen LogP contribution in [0.25, 0.3) is 0 Å². The van der Waals surface area contributed by atoms with Gasteiger partial charge in [-0.25, -0.2) is 0 Å². The van der Waals surface area contributed by atoms with Gasteiger partial charge in [-0.3, -0.25) is 0 Å². The van der Waals surface area contributed by atoms with Crippen LogP contribution in [-0.4, -0.2) is 5.25 Å². The fourth-order valence-corrected chi connectivity index (χ4v) is 2.22. The maximum absolute atomic E-state index is 2.27. The molecule has 0 aliphatic heterocycles. The molecule has 0 aliphatic rings. The van der Waals surface area contributed by atoms with Crippen LogP contribution in [0, 0.1) is 5.92 Å². The number of thioether (sulfide) groups is 1. The first kappa shape index (κ1) is 12.6. The third kappa shape index (κ3) is 5.27. The van der Waals surface area contributed by atoms with Crippen LogP contribution in [0.1, 0.15) is 38.8 Å². The minimum absolute atomic E-state index is 0.723. The van der Waals surface area contributed by atoms with Gasteiger partial charge in [-0.1, -0.05) is 52.0 Å². The van der Waals surface area contributed by atoms with Crippen molar-refractivity contribution >= 4 is 11.8 Å². The van der Waals surface area contributed by atoms with Crippen LogP contribution >= 0.6 is 11.8 Å². The lowest BCUT2D eigenvalue weighted by Gasteiger charge is -2.07. The second kappa shape index (κ2) is 6.22. The van der Waals surface area contributed by atoms with Gasteiger partial charge in [0, 0.05) is 5.75 Å². The second-order valence-electron chi connectivity index (χ2n) is 4.77. The average Bonchev–Trinajstić information content (AvgIpc) is 2.16. The van der Waals surface area contributed by atoms with Gasteiger partial charge in [0.1, 0.15) is 0 Å². The molecule has 1 rings (SSSR count). The molecule has 0 aliphatic carbocycles. The first-order valence-electron chi connectivity index (χ1n) is 5.77. The predicted octanol–water partition coefficient (Wildman–Crippen LogP) is 4.53. The predicted molar refractivity (Wildman–Crippen MR) is 71.4 cm³/mol. The molecule has 1 aromatic rings. The van der Waals surface area contributed by atoms with E-state index >= 15 is 0 Å². The standard InChI is InChI=1S/C14H22S/c1-11(2)9-13-5-7-14(8-6-13)10-15-12(3)4/h5-8,11-12H,9-10H2,1-4H3. The Labute approximate surface area is 98.5 Å². The van der Waals surface area contributed by atoms with Gasteiger partial charge in [0.2, 0.25) is 0 Å². The molecule has 0 fully saturated rings. The topological polar surface area (TPSA) is 0 Å². The maximum Gasteiger partial charge on any atom is 0.0187 e. The van der Waals surface area contributed by atoms with Gasteiger partial charge in [0.25, 0.3) is 0 Å². The summed E-state index contributed by atoms with van der Waals surface area (Å²) in [5.41, 5.74) is 2.91. The Kier molecular flexibility index (Phi) is 5.24. The summed E-state index contributed by atoms with van der Waals surface area (Å²) in [5, 5.41) is 0.723. The molecular formula is C14H22S. The molecule has 0 aromatic heterocycles. The summed E-state index contributed by atoms with van der Waals surface area (Å²) < 4.78 is 0. The SMILES string of the molecule is CC(C)Cc1ccc(CSC(C)C)cc1. The van der Waals surface area contributed by atoms with Crippen LogP contribution in [0.3, 0.4) is 0 Å². The Bertz CT molecular complexity index is 272. The highest BCUT2D eigenvalue weighted by molar-refractivity contribution is 7.99. The van der Waals surface area contributed by atoms with E-state index < -0.39 is 0 Å². The molecule has 0 spiro atoms. The lowest BCUT2D eigenvalue weighted by molar-refractivity contribution is 0.647. The van der Waals surface area contributed by atoms with Crippen LogP contribution in [0.5, 0.6) is 0 Å². The van der Waals surface area contributed by atoms with Crippen molar-refractivity contribution in [2.45, 2.75) is 45.1 Å². The lowest BCUT2D eigenvalue weighted by atomic mass is 10.0. The van der Waals surface area contributed by atoms with E-state index in [-0.39, 0.29) is 0 Å². The van der Waals surface area contributed by atoms with E-state index in [1.54, 1.807) is 0 Å². The Morgan fingerprint density at radius 1 is 0.933 bits per heavy atom. The van der Waals surface area contributed by atoms with Gasteiger partial charge in [0.05, 0.1) is 0 Å². The normalized spacial score (nSPS) is 11.3. The van der Waals surface area contributed by atoms with Gasteiger partial charge in [-0.15, -0.1) is 0 Å². The van der Waals surface area contributed by atoms with Gasteiger partial charge in [0.15, 0.2) is 0 Å². The zero-order valence-corrected chi connectivity index (χ0v) is 11.1. The molecule has 84 valence electrons. The van der Waals surface area contributed by atoms with Crippen molar-refractivity contribution in [3.63, 3.8) is 0 Å². The van der Waals surface area contributed by atoms with Crippen molar-refractivity contribution in [1.82, 2.24) is 0 Å². The van der Waals surface area contributed by atoms with Crippen molar-refractivity contribution in [2.75, 3.05) is 0 Å². The fraction of sp³-hybridized carbons (Fsp3) is 0.571. The Hall–Kier alpha value is -0.430. The van der Waals surface area contributed by atoms with Gasteiger partial charge in [-0.05, 0) is 28.7 Å². The van der Waals surface area contributed by atoms with E-state index in [1.807, 2.05) is 11.8 Å². The van der Waals surface area contributed by atoms with E-state index in [0.717, 1.165) is 16.9 Å². The molecule has 0 unspecified atom stereocenters. The molecule has 15 heavy (non-hydrogen) atoms. The van der Waals surface area contributed by atoms with Crippen LogP contribution in [0.4, 0.5) is 0 Å². The highest BCUT2D eigenvalue weighted by Gasteiger charge is 1.99. The molecule has 0 heterocycles. The molecule has 0 bridgehead atoms. The van der Waals surface area contributed by atoms with Crippen molar-refractivity contribution in [2.24, 2.45) is 5.92 Å². The smallest absolute Gasteiger partial charge is 0.0187 e. The zero-order chi connectivity index (χ0) is 11.3. The Morgan fingerprint density at radius 3 is 1.93 bits per heavy atom. The quantitative estimate of drug-likeness (QED) is 0.705. The second-order valence-corrected chi connectivity index (χ2v) is 6.34. The molecule has 1 aromatic carbocycles. The highest BCUT2D eigenvalue weighted by atomic mass is 32.2. The summed E-state index contributed by atoms with van der Waals surface area (Å²) >= 11 is 2.00. The molecule has 0 amide bonds. The van der Waals surface area contributed by atoms with Crippen LogP contribution in [0.15, 0.2) is 24.3 Å². The van der Waals surface area contributed by atoms with Crippen molar-refractivity contribution in [3.8, 4) is 0 Å². The maximum atomic E-state index is 2.27. The van der Waals surface area contributed by atoms with Crippen molar-refractivity contribution in [3.05, 3.63) is 35.4 Å². The molecule has 0 saturated carbocycles. The number of hydrogen-bond donors (Lipinski definition) is 0. The molecule has 0 nitrogen and oxygen atoms in total. The molecule has 1 heteroatoms. The number of benzene rings is 1. The fourth-order valence-electron chi connectivity index (χ4n) is 1.51. The van der Waals surface area contributed by atoms with E-state index in [2.05, 4.69) is 52.0 Å². The van der Waals surface area contributed by atoms with Gasteiger partial charge in [-0.2, -0.15) is 11.8 Å². The van der Waals surface area contributed by atoms with Gasteiger partial charge >= 0.3 is 0 Å². The molecule has 0 saturated heterocycles. The Balaban J connectivity index is 2.49. The first-order valence-corrected chi connectivity index (χ1v) is 6.82. The zero-order valence-electron chi connectivity index (χ0n) is 10.3. The summed E-state index contributed by atoms with van der Waals surface area (Å²) in [4.78, 5) is 0. The summed E-state index contributed by atoms with van der Waals surface area (Å²) in [6, 6.07) is 9.09. The van der Waals surface area contributed by atoms with Crippen LogP contribution < -0.4 is 0 Å². The molecule has 0 N–H and O–H groups in total.